The summed E-state index contributed by atoms with van der Waals surface area (Å²) in [4.78, 5) is 13.7. The third-order valence-corrected chi connectivity index (χ3v) is 7.96. The van der Waals surface area contributed by atoms with E-state index in [0.29, 0.717) is 23.7 Å². The number of sulfone groups is 1. The predicted molar refractivity (Wildman–Crippen MR) is 106 cm³/mol. The maximum absolute atomic E-state index is 13.7. The van der Waals surface area contributed by atoms with Crippen molar-refractivity contribution in [2.45, 2.75) is 29.0 Å². The highest BCUT2D eigenvalue weighted by Gasteiger charge is 2.55. The Morgan fingerprint density at radius 1 is 1.07 bits per heavy atom. The minimum atomic E-state index is -3.80. The number of benzene rings is 2. The standard InChI is InChI=1S/C20H21ClN2O3S/c21-16-8-10-17(11-9-16)23(19(24)15-6-7-15)20(12-13-22-14-20)27(25,26)18-4-2-1-3-5-18/h1-5,8-11,15,22H,6-7,12-14H2/t20-/m1/s1. The van der Waals surface area contributed by atoms with Gasteiger partial charge in [-0.15, -0.1) is 0 Å². The molecule has 2 fully saturated rings. The molecular weight excluding hydrogens is 384 g/mol. The van der Waals surface area contributed by atoms with Crippen molar-refractivity contribution in [3.05, 3.63) is 59.6 Å². The normalized spacial score (nSPS) is 22.6. The Kier molecular flexibility index (Phi) is 4.74. The minimum absolute atomic E-state index is 0.107. The van der Waals surface area contributed by atoms with E-state index in [1.807, 2.05) is 0 Å². The SMILES string of the molecule is O=C(C1CC1)N(c1ccc(Cl)cc1)[C@@]1(S(=O)(=O)c2ccccc2)CCNC1. The molecule has 5 nitrogen and oxygen atoms in total. The van der Waals surface area contributed by atoms with Crippen LogP contribution in [0.2, 0.25) is 5.02 Å². The summed E-state index contributed by atoms with van der Waals surface area (Å²) in [6.45, 7) is 0.736. The van der Waals surface area contributed by atoms with Gasteiger partial charge in [-0.3, -0.25) is 9.69 Å². The second kappa shape index (κ2) is 6.93. The van der Waals surface area contributed by atoms with Gasteiger partial charge < -0.3 is 5.32 Å². The third-order valence-electron chi connectivity index (χ3n) is 5.29. The second-order valence-corrected chi connectivity index (χ2v) is 9.79. The largest absolute Gasteiger partial charge is 0.313 e. The average Bonchev–Trinajstić information content (AvgIpc) is 3.42. The van der Waals surface area contributed by atoms with Crippen LogP contribution in [0.15, 0.2) is 59.5 Å². The summed E-state index contributed by atoms with van der Waals surface area (Å²) < 4.78 is 27.5. The molecule has 0 unspecified atom stereocenters. The summed E-state index contributed by atoms with van der Waals surface area (Å²) in [6, 6.07) is 15.2. The number of hydrogen-bond acceptors (Lipinski definition) is 4. The number of nitrogens with zero attached hydrogens (tertiary/aromatic N) is 1. The molecule has 4 rings (SSSR count). The molecule has 1 saturated carbocycles. The molecule has 7 heteroatoms. The van der Waals surface area contributed by atoms with E-state index in [0.717, 1.165) is 12.8 Å². The van der Waals surface area contributed by atoms with Crippen LogP contribution in [0.5, 0.6) is 0 Å². The van der Waals surface area contributed by atoms with Gasteiger partial charge in [0.2, 0.25) is 15.7 Å². The van der Waals surface area contributed by atoms with Crippen LogP contribution < -0.4 is 10.2 Å². The first-order chi connectivity index (χ1) is 13.0. The lowest BCUT2D eigenvalue weighted by atomic mass is 10.1. The molecule has 0 aromatic heterocycles. The number of amides is 1. The number of rotatable bonds is 5. The van der Waals surface area contributed by atoms with Crippen LogP contribution in [0, 0.1) is 5.92 Å². The molecule has 1 amide bonds. The van der Waals surface area contributed by atoms with Crippen LogP contribution >= 0.6 is 11.6 Å². The van der Waals surface area contributed by atoms with E-state index in [1.54, 1.807) is 54.6 Å². The molecule has 2 aliphatic rings. The molecule has 1 N–H and O–H groups in total. The highest BCUT2D eigenvalue weighted by Crippen LogP contribution is 2.42. The summed E-state index contributed by atoms with van der Waals surface area (Å²) in [5.74, 6) is -0.232. The van der Waals surface area contributed by atoms with Crippen LogP contribution in [-0.4, -0.2) is 32.3 Å². The van der Waals surface area contributed by atoms with E-state index in [-0.39, 0.29) is 23.3 Å². The smallest absolute Gasteiger partial charge is 0.231 e. The van der Waals surface area contributed by atoms with Gasteiger partial charge in [-0.05, 0) is 62.2 Å². The lowest BCUT2D eigenvalue weighted by Gasteiger charge is -2.40. The maximum atomic E-state index is 13.7. The molecule has 0 radical (unpaired) electrons. The van der Waals surface area contributed by atoms with E-state index in [2.05, 4.69) is 5.32 Å². The molecule has 1 heterocycles. The fourth-order valence-corrected chi connectivity index (χ4v) is 5.86. The van der Waals surface area contributed by atoms with Gasteiger partial charge in [0, 0.05) is 23.2 Å². The number of anilines is 1. The fraction of sp³-hybridized carbons (Fsp3) is 0.350. The Labute approximate surface area is 164 Å². The molecule has 0 bridgehead atoms. The van der Waals surface area contributed by atoms with Gasteiger partial charge in [-0.25, -0.2) is 8.42 Å². The summed E-state index contributed by atoms with van der Waals surface area (Å²) in [7, 11) is -3.80. The first-order valence-electron chi connectivity index (χ1n) is 9.06. The number of hydrogen-bond donors (Lipinski definition) is 1. The van der Waals surface area contributed by atoms with Crippen LogP contribution in [0.3, 0.4) is 0 Å². The topological polar surface area (TPSA) is 66.5 Å². The zero-order valence-corrected chi connectivity index (χ0v) is 16.3. The molecule has 142 valence electrons. The van der Waals surface area contributed by atoms with E-state index in [9.17, 15) is 13.2 Å². The van der Waals surface area contributed by atoms with Crippen molar-refractivity contribution in [1.82, 2.24) is 5.32 Å². The Morgan fingerprint density at radius 3 is 2.30 bits per heavy atom. The van der Waals surface area contributed by atoms with Gasteiger partial charge in [0.05, 0.1) is 4.90 Å². The minimum Gasteiger partial charge on any atom is -0.313 e. The summed E-state index contributed by atoms with van der Waals surface area (Å²) in [5.41, 5.74) is 0.569. The number of halogens is 1. The maximum Gasteiger partial charge on any atom is 0.231 e. The fourth-order valence-electron chi connectivity index (χ4n) is 3.68. The molecule has 0 spiro atoms. The average molecular weight is 405 g/mol. The van der Waals surface area contributed by atoms with Gasteiger partial charge in [-0.1, -0.05) is 29.8 Å². The Morgan fingerprint density at radius 2 is 1.74 bits per heavy atom. The molecular formula is C20H21ClN2O3S. The monoisotopic (exact) mass is 404 g/mol. The van der Waals surface area contributed by atoms with Crippen molar-refractivity contribution in [2.75, 3.05) is 18.0 Å². The highest BCUT2D eigenvalue weighted by molar-refractivity contribution is 7.93. The zero-order valence-electron chi connectivity index (χ0n) is 14.8. The van der Waals surface area contributed by atoms with E-state index in [4.69, 9.17) is 11.6 Å². The van der Waals surface area contributed by atoms with E-state index < -0.39 is 14.7 Å². The van der Waals surface area contributed by atoms with Gasteiger partial charge >= 0.3 is 0 Å². The van der Waals surface area contributed by atoms with Crippen LogP contribution in [0.4, 0.5) is 5.69 Å². The van der Waals surface area contributed by atoms with E-state index >= 15 is 0 Å². The van der Waals surface area contributed by atoms with Gasteiger partial charge in [-0.2, -0.15) is 0 Å². The Balaban J connectivity index is 1.88. The van der Waals surface area contributed by atoms with Crippen molar-refractivity contribution < 1.29 is 13.2 Å². The van der Waals surface area contributed by atoms with Crippen molar-refractivity contribution in [3.63, 3.8) is 0 Å². The molecule has 1 aliphatic heterocycles. The summed E-state index contributed by atoms with van der Waals surface area (Å²) >= 11 is 6.02. The van der Waals surface area contributed by atoms with Crippen molar-refractivity contribution >= 4 is 33.0 Å². The molecule has 1 atom stereocenters. The van der Waals surface area contributed by atoms with Gasteiger partial charge in [0.25, 0.3) is 0 Å². The van der Waals surface area contributed by atoms with Gasteiger partial charge in [0.1, 0.15) is 0 Å². The summed E-state index contributed by atoms with van der Waals surface area (Å²) in [5, 5.41) is 3.71. The number of carbonyl (C=O) groups excluding carboxylic acids is 1. The highest BCUT2D eigenvalue weighted by atomic mass is 35.5. The van der Waals surface area contributed by atoms with Gasteiger partial charge in [0.15, 0.2) is 4.87 Å². The Hall–Kier alpha value is -1.89. The van der Waals surface area contributed by atoms with Crippen LogP contribution in [0.1, 0.15) is 19.3 Å². The van der Waals surface area contributed by atoms with E-state index in [1.165, 1.54) is 4.90 Å². The quantitative estimate of drug-likeness (QED) is 0.830. The number of nitrogens with one attached hydrogen (secondary N) is 1. The third kappa shape index (κ3) is 3.16. The molecule has 27 heavy (non-hydrogen) atoms. The van der Waals surface area contributed by atoms with Crippen molar-refractivity contribution in [3.8, 4) is 0 Å². The lowest BCUT2D eigenvalue weighted by Crippen LogP contribution is -2.59. The first-order valence-corrected chi connectivity index (χ1v) is 10.9. The van der Waals surface area contributed by atoms with Crippen molar-refractivity contribution in [1.29, 1.82) is 0 Å². The predicted octanol–water partition coefficient (Wildman–Crippen LogP) is 3.25. The lowest BCUT2D eigenvalue weighted by molar-refractivity contribution is -0.120. The first kappa shape index (κ1) is 18.5. The van der Waals surface area contributed by atoms with Crippen molar-refractivity contribution in [2.24, 2.45) is 5.92 Å². The Bertz CT molecular complexity index is 935. The molecule has 1 aliphatic carbocycles. The zero-order chi connectivity index (χ0) is 19.1. The van der Waals surface area contributed by atoms with Crippen LogP contribution in [-0.2, 0) is 14.6 Å². The molecule has 2 aromatic rings. The number of carbonyl (C=O) groups is 1. The molecule has 2 aromatic carbocycles. The molecule has 1 saturated heterocycles. The second-order valence-electron chi connectivity index (χ2n) is 7.11. The van der Waals surface area contributed by atoms with Crippen LogP contribution in [0.25, 0.3) is 0 Å². The summed E-state index contributed by atoms with van der Waals surface area (Å²) in [6.07, 6.45) is 1.95.